The normalized spacial score (nSPS) is 11.1. The molecular weight excluding hydrogens is 260 g/mol. The van der Waals surface area contributed by atoms with Gasteiger partial charge in [0.2, 0.25) is 0 Å². The maximum Gasteiger partial charge on any atom is 0.152 e. The topological polar surface area (TPSA) is 42.7 Å². The van der Waals surface area contributed by atoms with Crippen molar-refractivity contribution in [2.45, 2.75) is 33.2 Å². The van der Waals surface area contributed by atoms with Gasteiger partial charge in [-0.15, -0.1) is 0 Å². The maximum absolute atomic E-state index is 6.11. The molecule has 4 nitrogen and oxygen atoms in total. The number of halogens is 1. The molecule has 2 aromatic heterocycles. The quantitative estimate of drug-likeness (QED) is 0.870. The predicted octanol–water partition coefficient (Wildman–Crippen LogP) is 3.51. The van der Waals surface area contributed by atoms with Crippen molar-refractivity contribution in [3.05, 3.63) is 40.4 Å². The first-order chi connectivity index (χ1) is 8.99. The molecule has 0 amide bonds. The largest absolute Gasteiger partial charge is 0.378 e. The van der Waals surface area contributed by atoms with Gasteiger partial charge in [-0.2, -0.15) is 5.10 Å². The molecule has 0 bridgehead atoms. The van der Waals surface area contributed by atoms with E-state index in [1.807, 2.05) is 30.9 Å². The summed E-state index contributed by atoms with van der Waals surface area (Å²) in [5, 5.41) is 8.36. The van der Waals surface area contributed by atoms with Crippen LogP contribution in [0.15, 0.2) is 18.5 Å². The number of anilines is 1. The summed E-state index contributed by atoms with van der Waals surface area (Å²) in [6.07, 6.45) is 3.76. The minimum absolute atomic E-state index is 0.406. The molecule has 2 aromatic rings. The Balaban J connectivity index is 2.19. The molecule has 102 valence electrons. The summed E-state index contributed by atoms with van der Waals surface area (Å²) in [6.45, 7) is 7.01. The smallest absolute Gasteiger partial charge is 0.152 e. The Hall–Kier alpha value is -1.55. The minimum Gasteiger partial charge on any atom is -0.378 e. The van der Waals surface area contributed by atoms with Crippen LogP contribution in [0, 0.1) is 6.92 Å². The third-order valence-electron chi connectivity index (χ3n) is 3.05. The van der Waals surface area contributed by atoms with E-state index in [-0.39, 0.29) is 0 Å². The molecule has 0 radical (unpaired) electrons. The summed E-state index contributed by atoms with van der Waals surface area (Å²) in [7, 11) is 1.94. The highest BCUT2D eigenvalue weighted by Gasteiger charge is 2.12. The van der Waals surface area contributed by atoms with E-state index in [4.69, 9.17) is 11.6 Å². The molecule has 2 rings (SSSR count). The van der Waals surface area contributed by atoms with Crippen molar-refractivity contribution < 1.29 is 0 Å². The highest BCUT2D eigenvalue weighted by molar-refractivity contribution is 6.32. The standard InChI is InChI=1S/C14H19ClN4/c1-9(2)12-11(8-19(4)18-12)7-17-13-10(3)5-6-16-14(13)15/h5-6,8-9,17H,7H2,1-4H3. The summed E-state index contributed by atoms with van der Waals surface area (Å²) in [5.41, 5.74) is 4.29. The van der Waals surface area contributed by atoms with Crippen LogP contribution in [0.4, 0.5) is 5.69 Å². The molecule has 0 aliphatic heterocycles. The van der Waals surface area contributed by atoms with Gasteiger partial charge < -0.3 is 5.32 Å². The second-order valence-electron chi connectivity index (χ2n) is 5.02. The van der Waals surface area contributed by atoms with E-state index in [0.29, 0.717) is 17.6 Å². The van der Waals surface area contributed by atoms with Crippen LogP contribution in [-0.4, -0.2) is 14.8 Å². The molecule has 1 N–H and O–H groups in total. The van der Waals surface area contributed by atoms with Crippen molar-refractivity contribution in [2.24, 2.45) is 7.05 Å². The fourth-order valence-electron chi connectivity index (χ4n) is 2.10. The number of hydrogen-bond acceptors (Lipinski definition) is 3. The number of rotatable bonds is 4. The van der Waals surface area contributed by atoms with Gasteiger partial charge in [0, 0.05) is 31.5 Å². The zero-order valence-electron chi connectivity index (χ0n) is 11.7. The summed E-state index contributed by atoms with van der Waals surface area (Å²) in [4.78, 5) is 4.10. The molecule has 0 aliphatic rings. The van der Waals surface area contributed by atoms with Gasteiger partial charge >= 0.3 is 0 Å². The Bertz CT molecular complexity index is 555. The summed E-state index contributed by atoms with van der Waals surface area (Å²) >= 11 is 6.11. The number of aryl methyl sites for hydroxylation is 2. The van der Waals surface area contributed by atoms with E-state index >= 15 is 0 Å². The van der Waals surface area contributed by atoms with Crippen molar-refractivity contribution in [3.63, 3.8) is 0 Å². The molecule has 0 saturated carbocycles. The van der Waals surface area contributed by atoms with E-state index in [0.717, 1.165) is 16.9 Å². The maximum atomic E-state index is 6.11. The average Bonchev–Trinajstić information content (AvgIpc) is 2.70. The lowest BCUT2D eigenvalue weighted by Gasteiger charge is -2.11. The van der Waals surface area contributed by atoms with E-state index in [9.17, 15) is 0 Å². The molecule has 0 unspecified atom stereocenters. The van der Waals surface area contributed by atoms with Crippen molar-refractivity contribution in [1.29, 1.82) is 0 Å². The number of hydrogen-bond donors (Lipinski definition) is 1. The second-order valence-corrected chi connectivity index (χ2v) is 5.37. The first kappa shape index (κ1) is 13.9. The Morgan fingerprint density at radius 3 is 2.79 bits per heavy atom. The highest BCUT2D eigenvalue weighted by atomic mass is 35.5. The van der Waals surface area contributed by atoms with Crippen molar-refractivity contribution >= 4 is 17.3 Å². The van der Waals surface area contributed by atoms with Gasteiger partial charge in [-0.1, -0.05) is 25.4 Å². The Labute approximate surface area is 118 Å². The van der Waals surface area contributed by atoms with Gasteiger partial charge in [-0.05, 0) is 24.5 Å². The van der Waals surface area contributed by atoms with E-state index < -0.39 is 0 Å². The third kappa shape index (κ3) is 3.07. The summed E-state index contributed by atoms with van der Waals surface area (Å²) < 4.78 is 1.85. The van der Waals surface area contributed by atoms with Crippen LogP contribution >= 0.6 is 11.6 Å². The summed E-state index contributed by atoms with van der Waals surface area (Å²) in [6, 6.07) is 1.95. The van der Waals surface area contributed by atoms with E-state index in [1.54, 1.807) is 6.20 Å². The fourth-order valence-corrected chi connectivity index (χ4v) is 2.37. The van der Waals surface area contributed by atoms with Crippen LogP contribution in [0.3, 0.4) is 0 Å². The molecule has 19 heavy (non-hydrogen) atoms. The Morgan fingerprint density at radius 1 is 1.42 bits per heavy atom. The van der Waals surface area contributed by atoms with Crippen molar-refractivity contribution in [2.75, 3.05) is 5.32 Å². The van der Waals surface area contributed by atoms with Gasteiger partial charge in [-0.25, -0.2) is 4.98 Å². The van der Waals surface area contributed by atoms with E-state index in [2.05, 4.69) is 29.2 Å². The number of nitrogens with one attached hydrogen (secondary N) is 1. The van der Waals surface area contributed by atoms with Gasteiger partial charge in [0.05, 0.1) is 11.4 Å². The van der Waals surface area contributed by atoms with E-state index in [1.165, 1.54) is 5.56 Å². The predicted molar refractivity (Wildman–Crippen MR) is 78.6 cm³/mol. The zero-order valence-corrected chi connectivity index (χ0v) is 12.5. The number of aromatic nitrogens is 3. The molecule has 0 spiro atoms. The molecule has 0 atom stereocenters. The molecule has 5 heteroatoms. The lowest BCUT2D eigenvalue weighted by Crippen LogP contribution is -2.04. The van der Waals surface area contributed by atoms with Gasteiger partial charge in [0.25, 0.3) is 0 Å². The lowest BCUT2D eigenvalue weighted by atomic mass is 10.1. The molecule has 0 fully saturated rings. The molecule has 2 heterocycles. The van der Waals surface area contributed by atoms with Crippen LogP contribution < -0.4 is 5.32 Å². The van der Waals surface area contributed by atoms with Gasteiger partial charge in [-0.3, -0.25) is 4.68 Å². The molecule has 0 aromatic carbocycles. The number of nitrogens with zero attached hydrogens (tertiary/aromatic N) is 3. The fraction of sp³-hybridized carbons (Fsp3) is 0.429. The first-order valence-electron chi connectivity index (χ1n) is 6.36. The molecular formula is C14H19ClN4. The van der Waals surface area contributed by atoms with Crippen LogP contribution in [0.2, 0.25) is 5.15 Å². The zero-order chi connectivity index (χ0) is 14.0. The highest BCUT2D eigenvalue weighted by Crippen LogP contribution is 2.24. The molecule has 0 aliphatic carbocycles. The van der Waals surface area contributed by atoms with Gasteiger partial charge in [0.15, 0.2) is 5.15 Å². The molecule has 0 saturated heterocycles. The minimum atomic E-state index is 0.406. The third-order valence-corrected chi connectivity index (χ3v) is 3.34. The van der Waals surface area contributed by atoms with Crippen LogP contribution in [0.25, 0.3) is 0 Å². The Kier molecular flexibility index (Phi) is 4.10. The summed E-state index contributed by atoms with van der Waals surface area (Å²) in [5.74, 6) is 0.406. The van der Waals surface area contributed by atoms with Crippen molar-refractivity contribution in [1.82, 2.24) is 14.8 Å². The average molecular weight is 279 g/mol. The SMILES string of the molecule is Cc1ccnc(Cl)c1NCc1cn(C)nc1C(C)C. The van der Waals surface area contributed by atoms with Crippen LogP contribution in [0.5, 0.6) is 0 Å². The van der Waals surface area contributed by atoms with Crippen LogP contribution in [0.1, 0.15) is 36.6 Å². The second kappa shape index (κ2) is 5.61. The first-order valence-corrected chi connectivity index (χ1v) is 6.74. The monoisotopic (exact) mass is 278 g/mol. The van der Waals surface area contributed by atoms with Crippen molar-refractivity contribution in [3.8, 4) is 0 Å². The van der Waals surface area contributed by atoms with Gasteiger partial charge in [0.1, 0.15) is 0 Å². The number of pyridine rings is 1. The van der Waals surface area contributed by atoms with Crippen LogP contribution in [-0.2, 0) is 13.6 Å². The Morgan fingerprint density at radius 2 is 2.16 bits per heavy atom. The lowest BCUT2D eigenvalue weighted by molar-refractivity contribution is 0.712.